The Balaban J connectivity index is 2.48. The van der Waals surface area contributed by atoms with Crippen LogP contribution in [0.4, 0.5) is 0 Å². The van der Waals surface area contributed by atoms with Crippen molar-refractivity contribution in [3.8, 4) is 6.07 Å². The molecule has 15 heavy (non-hydrogen) atoms. The highest BCUT2D eigenvalue weighted by molar-refractivity contribution is 7.20. The summed E-state index contributed by atoms with van der Waals surface area (Å²) >= 11 is 12.7. The van der Waals surface area contributed by atoms with E-state index in [1.165, 1.54) is 6.07 Å². The summed E-state index contributed by atoms with van der Waals surface area (Å²) in [5.74, 6) is -0.249. The standard InChI is InChI=1S/C9H8Cl2N2OS/c10-7-5-6(8(11)15-7)9(14)13-4-2-1-3-12/h5H,1-2,4H2,(H,13,14). The fourth-order valence-electron chi connectivity index (χ4n) is 0.960. The maximum Gasteiger partial charge on any atom is 0.253 e. The number of unbranched alkanes of at least 4 members (excludes halogenated alkanes) is 1. The third-order valence-corrected chi connectivity index (χ3v) is 3.14. The van der Waals surface area contributed by atoms with Crippen LogP contribution in [0.2, 0.25) is 8.67 Å². The molecular weight excluding hydrogens is 255 g/mol. The molecule has 0 saturated heterocycles. The summed E-state index contributed by atoms with van der Waals surface area (Å²) in [7, 11) is 0. The maximum atomic E-state index is 11.5. The highest BCUT2D eigenvalue weighted by atomic mass is 35.5. The lowest BCUT2D eigenvalue weighted by atomic mass is 10.3. The molecule has 1 aromatic rings. The predicted molar refractivity (Wildman–Crippen MR) is 61.5 cm³/mol. The summed E-state index contributed by atoms with van der Waals surface area (Å²) in [4.78, 5) is 11.5. The Morgan fingerprint density at radius 3 is 2.87 bits per heavy atom. The minimum atomic E-state index is -0.249. The molecule has 0 aliphatic carbocycles. The molecule has 3 nitrogen and oxygen atoms in total. The van der Waals surface area contributed by atoms with Gasteiger partial charge in [-0.05, 0) is 12.5 Å². The molecule has 0 spiro atoms. The Hall–Kier alpha value is -0.760. The molecule has 0 atom stereocenters. The Labute approximate surface area is 102 Å². The summed E-state index contributed by atoms with van der Waals surface area (Å²) in [5.41, 5.74) is 0.392. The molecule has 6 heteroatoms. The van der Waals surface area contributed by atoms with Gasteiger partial charge in [0.2, 0.25) is 0 Å². The number of hydrogen-bond donors (Lipinski definition) is 1. The second kappa shape index (κ2) is 5.96. The maximum absolute atomic E-state index is 11.5. The van der Waals surface area contributed by atoms with E-state index in [-0.39, 0.29) is 5.91 Å². The van der Waals surface area contributed by atoms with Crippen LogP contribution in [0.25, 0.3) is 0 Å². The van der Waals surface area contributed by atoms with E-state index < -0.39 is 0 Å². The van der Waals surface area contributed by atoms with Gasteiger partial charge in [0.15, 0.2) is 0 Å². The molecule has 0 unspecified atom stereocenters. The average molecular weight is 263 g/mol. The van der Waals surface area contributed by atoms with Gasteiger partial charge >= 0.3 is 0 Å². The molecule has 0 aromatic carbocycles. The first-order chi connectivity index (χ1) is 7.15. The van der Waals surface area contributed by atoms with Crippen LogP contribution in [0.1, 0.15) is 23.2 Å². The van der Waals surface area contributed by atoms with Crippen molar-refractivity contribution in [2.24, 2.45) is 0 Å². The summed E-state index contributed by atoms with van der Waals surface area (Å²) in [6.07, 6.45) is 1.07. The number of halogens is 2. The quantitative estimate of drug-likeness (QED) is 0.848. The topological polar surface area (TPSA) is 52.9 Å². The second-order valence-electron chi connectivity index (χ2n) is 2.76. The fraction of sp³-hybridized carbons (Fsp3) is 0.333. The lowest BCUT2D eigenvalue weighted by Crippen LogP contribution is -2.24. The van der Waals surface area contributed by atoms with Crippen LogP contribution in [-0.2, 0) is 0 Å². The van der Waals surface area contributed by atoms with Crippen LogP contribution in [-0.4, -0.2) is 12.5 Å². The zero-order chi connectivity index (χ0) is 11.3. The van der Waals surface area contributed by atoms with Crippen molar-refractivity contribution in [2.45, 2.75) is 12.8 Å². The van der Waals surface area contributed by atoms with Gasteiger partial charge in [-0.15, -0.1) is 11.3 Å². The van der Waals surface area contributed by atoms with Gasteiger partial charge in [-0.3, -0.25) is 4.79 Å². The molecule has 1 heterocycles. The van der Waals surface area contributed by atoms with Crippen LogP contribution < -0.4 is 5.32 Å². The Kier molecular flexibility index (Phi) is 4.89. The van der Waals surface area contributed by atoms with Crippen molar-refractivity contribution in [3.05, 3.63) is 20.3 Å². The van der Waals surface area contributed by atoms with E-state index in [0.29, 0.717) is 33.6 Å². The molecule has 0 bridgehead atoms. The minimum absolute atomic E-state index is 0.249. The minimum Gasteiger partial charge on any atom is -0.352 e. The van der Waals surface area contributed by atoms with Crippen LogP contribution >= 0.6 is 34.5 Å². The van der Waals surface area contributed by atoms with E-state index in [9.17, 15) is 4.79 Å². The van der Waals surface area contributed by atoms with Crippen molar-refractivity contribution in [2.75, 3.05) is 6.54 Å². The summed E-state index contributed by atoms with van der Waals surface area (Å²) in [6, 6.07) is 3.54. The molecule has 0 aliphatic heterocycles. The summed E-state index contributed by atoms with van der Waals surface area (Å²) in [5, 5.41) is 11.0. The summed E-state index contributed by atoms with van der Waals surface area (Å²) in [6.45, 7) is 0.468. The molecular formula is C9H8Cl2N2OS. The van der Waals surface area contributed by atoms with Crippen molar-refractivity contribution in [1.82, 2.24) is 5.32 Å². The van der Waals surface area contributed by atoms with Gasteiger partial charge in [0.1, 0.15) is 4.34 Å². The molecule has 1 aromatic heterocycles. The van der Waals surface area contributed by atoms with Crippen LogP contribution in [0.3, 0.4) is 0 Å². The van der Waals surface area contributed by atoms with E-state index in [1.54, 1.807) is 0 Å². The van der Waals surface area contributed by atoms with E-state index in [4.69, 9.17) is 28.5 Å². The predicted octanol–water partition coefficient (Wildman–Crippen LogP) is 3.09. The van der Waals surface area contributed by atoms with Gasteiger partial charge in [0.25, 0.3) is 5.91 Å². The fourth-order valence-corrected chi connectivity index (χ4v) is 2.42. The molecule has 0 radical (unpaired) electrons. The number of carbonyl (C=O) groups is 1. The summed E-state index contributed by atoms with van der Waals surface area (Å²) < 4.78 is 0.875. The van der Waals surface area contributed by atoms with Crippen LogP contribution in [0.15, 0.2) is 6.07 Å². The highest BCUT2D eigenvalue weighted by Crippen LogP contribution is 2.30. The SMILES string of the molecule is N#CCCCNC(=O)c1cc(Cl)sc1Cl. The molecule has 1 rings (SSSR count). The zero-order valence-corrected chi connectivity index (χ0v) is 10.0. The number of thiophene rings is 1. The first-order valence-corrected chi connectivity index (χ1v) is 5.82. The molecule has 80 valence electrons. The Bertz CT molecular complexity index is 397. The third-order valence-electron chi connectivity index (χ3n) is 1.65. The van der Waals surface area contributed by atoms with Gasteiger partial charge in [0.05, 0.1) is 16.0 Å². The van der Waals surface area contributed by atoms with Crippen molar-refractivity contribution < 1.29 is 4.79 Å². The first kappa shape index (κ1) is 12.3. The first-order valence-electron chi connectivity index (χ1n) is 4.25. The highest BCUT2D eigenvalue weighted by Gasteiger charge is 2.13. The normalized spacial score (nSPS) is 9.67. The van der Waals surface area contributed by atoms with E-state index in [0.717, 1.165) is 11.3 Å². The van der Waals surface area contributed by atoms with E-state index in [2.05, 4.69) is 5.32 Å². The monoisotopic (exact) mass is 262 g/mol. The molecule has 1 N–H and O–H groups in total. The van der Waals surface area contributed by atoms with Gasteiger partial charge in [-0.2, -0.15) is 5.26 Å². The zero-order valence-electron chi connectivity index (χ0n) is 7.72. The van der Waals surface area contributed by atoms with Crippen LogP contribution in [0, 0.1) is 11.3 Å². The molecule has 1 amide bonds. The van der Waals surface area contributed by atoms with Gasteiger partial charge < -0.3 is 5.32 Å². The number of rotatable bonds is 4. The number of nitrogens with one attached hydrogen (secondary N) is 1. The number of carbonyl (C=O) groups excluding carboxylic acids is 1. The Morgan fingerprint density at radius 1 is 1.60 bits per heavy atom. The number of hydrogen-bond acceptors (Lipinski definition) is 3. The van der Waals surface area contributed by atoms with Crippen molar-refractivity contribution in [3.63, 3.8) is 0 Å². The lowest BCUT2D eigenvalue weighted by molar-refractivity contribution is 0.0954. The smallest absolute Gasteiger partial charge is 0.253 e. The molecule has 0 saturated carbocycles. The van der Waals surface area contributed by atoms with Gasteiger partial charge in [-0.1, -0.05) is 23.2 Å². The van der Waals surface area contributed by atoms with Gasteiger partial charge in [-0.25, -0.2) is 0 Å². The lowest BCUT2D eigenvalue weighted by Gasteiger charge is -2.01. The largest absolute Gasteiger partial charge is 0.352 e. The van der Waals surface area contributed by atoms with Gasteiger partial charge in [0, 0.05) is 13.0 Å². The Morgan fingerprint density at radius 2 is 2.33 bits per heavy atom. The van der Waals surface area contributed by atoms with Crippen molar-refractivity contribution in [1.29, 1.82) is 5.26 Å². The van der Waals surface area contributed by atoms with E-state index >= 15 is 0 Å². The molecule has 0 fully saturated rings. The number of nitriles is 1. The van der Waals surface area contributed by atoms with Crippen molar-refractivity contribution >= 4 is 40.4 Å². The van der Waals surface area contributed by atoms with E-state index in [1.807, 2.05) is 6.07 Å². The average Bonchev–Trinajstić information content (AvgIpc) is 2.52. The third kappa shape index (κ3) is 3.71. The number of amides is 1. The second-order valence-corrected chi connectivity index (χ2v) is 5.04. The van der Waals surface area contributed by atoms with Crippen LogP contribution in [0.5, 0.6) is 0 Å². The molecule has 0 aliphatic rings. The number of nitrogens with zero attached hydrogens (tertiary/aromatic N) is 1.